The molecule has 0 radical (unpaired) electrons. The molecule has 2 aromatic rings. The van der Waals surface area contributed by atoms with E-state index < -0.39 is 0 Å². The summed E-state index contributed by atoms with van der Waals surface area (Å²) in [6, 6.07) is 18.7. The summed E-state index contributed by atoms with van der Waals surface area (Å²) in [5, 5.41) is 0.269. The number of nitrogens with zero attached hydrogens (tertiary/aromatic N) is 1. The molecule has 1 aliphatic rings. The van der Waals surface area contributed by atoms with Gasteiger partial charge in [0, 0.05) is 11.4 Å². The van der Waals surface area contributed by atoms with E-state index in [1.807, 2.05) is 23.1 Å². The molecule has 0 spiro atoms. The Morgan fingerprint density at radius 2 is 1.80 bits per heavy atom. The Kier molecular flexibility index (Phi) is 3.79. The normalized spacial score (nSPS) is 17.9. The van der Waals surface area contributed by atoms with Gasteiger partial charge in [0.1, 0.15) is 0 Å². The van der Waals surface area contributed by atoms with Gasteiger partial charge in [-0.05, 0) is 24.6 Å². The van der Waals surface area contributed by atoms with Crippen molar-refractivity contribution >= 4 is 17.7 Å². The first-order chi connectivity index (χ1) is 9.72. The first-order valence-electron chi connectivity index (χ1n) is 6.79. The molecule has 102 valence electrons. The molecule has 0 bridgehead atoms. The van der Waals surface area contributed by atoms with Crippen LogP contribution in [0.1, 0.15) is 17.5 Å². The van der Waals surface area contributed by atoms with Crippen molar-refractivity contribution in [1.82, 2.24) is 4.90 Å². The maximum absolute atomic E-state index is 11.8. The second-order valence-electron chi connectivity index (χ2n) is 5.10. The van der Waals surface area contributed by atoms with Crippen molar-refractivity contribution in [3.63, 3.8) is 0 Å². The summed E-state index contributed by atoms with van der Waals surface area (Å²) in [6.45, 7) is 2.80. The van der Waals surface area contributed by atoms with E-state index in [1.165, 1.54) is 16.0 Å². The monoisotopic (exact) mass is 283 g/mol. The van der Waals surface area contributed by atoms with E-state index in [-0.39, 0.29) is 11.3 Å². The molecular weight excluding hydrogens is 266 g/mol. The Balaban J connectivity index is 1.65. The maximum atomic E-state index is 11.8. The van der Waals surface area contributed by atoms with E-state index in [2.05, 4.69) is 43.3 Å². The number of aryl methyl sites for hydroxylation is 1. The number of β-lactam (4-membered cyclic amide) rings is 1. The standard InChI is InChI=1S/C17H17NOS/c1-13-7-9-15(10-8-13)20-17-11-16(19)18(17)12-14-5-3-2-4-6-14/h2-10,17H,11-12H2,1H3/t17-/m0/s1. The Hall–Kier alpha value is -1.74. The average Bonchev–Trinajstić information content (AvgIpc) is 2.48. The topological polar surface area (TPSA) is 20.3 Å². The van der Waals surface area contributed by atoms with Gasteiger partial charge in [0.15, 0.2) is 0 Å². The molecule has 2 nitrogen and oxygen atoms in total. The zero-order chi connectivity index (χ0) is 13.9. The van der Waals surface area contributed by atoms with Gasteiger partial charge in [-0.2, -0.15) is 0 Å². The minimum absolute atomic E-state index is 0.249. The fraction of sp³-hybridized carbons (Fsp3) is 0.235. The van der Waals surface area contributed by atoms with E-state index in [0.717, 1.165) is 0 Å². The molecule has 1 atom stereocenters. The summed E-state index contributed by atoms with van der Waals surface area (Å²) in [4.78, 5) is 15.0. The van der Waals surface area contributed by atoms with Crippen molar-refractivity contribution in [1.29, 1.82) is 0 Å². The maximum Gasteiger partial charge on any atom is 0.226 e. The number of hydrogen-bond acceptors (Lipinski definition) is 2. The highest BCUT2D eigenvalue weighted by Crippen LogP contribution is 2.35. The van der Waals surface area contributed by atoms with Crippen LogP contribution >= 0.6 is 11.8 Å². The highest BCUT2D eigenvalue weighted by Gasteiger charge is 2.36. The van der Waals surface area contributed by atoms with E-state index in [0.29, 0.717) is 13.0 Å². The van der Waals surface area contributed by atoms with Crippen LogP contribution in [0.25, 0.3) is 0 Å². The highest BCUT2D eigenvalue weighted by atomic mass is 32.2. The van der Waals surface area contributed by atoms with Crippen LogP contribution in [0.2, 0.25) is 0 Å². The van der Waals surface area contributed by atoms with E-state index in [9.17, 15) is 4.79 Å². The zero-order valence-corrected chi connectivity index (χ0v) is 12.3. The van der Waals surface area contributed by atoms with E-state index in [4.69, 9.17) is 0 Å². The second-order valence-corrected chi connectivity index (χ2v) is 6.35. The quantitative estimate of drug-likeness (QED) is 0.794. The molecule has 3 heteroatoms. The summed E-state index contributed by atoms with van der Waals surface area (Å²) >= 11 is 1.78. The minimum Gasteiger partial charge on any atom is -0.325 e. The number of carbonyl (C=O) groups is 1. The van der Waals surface area contributed by atoms with Crippen molar-refractivity contribution in [3.8, 4) is 0 Å². The van der Waals surface area contributed by atoms with E-state index >= 15 is 0 Å². The predicted octanol–water partition coefficient (Wildman–Crippen LogP) is 3.85. The van der Waals surface area contributed by atoms with Crippen molar-refractivity contribution in [3.05, 3.63) is 65.7 Å². The van der Waals surface area contributed by atoms with Crippen LogP contribution in [0, 0.1) is 6.92 Å². The number of hydrogen-bond donors (Lipinski definition) is 0. The van der Waals surface area contributed by atoms with Crippen molar-refractivity contribution in [2.75, 3.05) is 0 Å². The van der Waals surface area contributed by atoms with Crippen LogP contribution < -0.4 is 0 Å². The molecule has 2 aromatic carbocycles. The highest BCUT2D eigenvalue weighted by molar-refractivity contribution is 8.00. The molecule has 20 heavy (non-hydrogen) atoms. The molecule has 0 N–H and O–H groups in total. The largest absolute Gasteiger partial charge is 0.325 e. The van der Waals surface area contributed by atoms with Gasteiger partial charge in [0.2, 0.25) is 5.91 Å². The Bertz CT molecular complexity index is 594. The second kappa shape index (κ2) is 5.71. The van der Waals surface area contributed by atoms with Gasteiger partial charge in [-0.25, -0.2) is 0 Å². The zero-order valence-electron chi connectivity index (χ0n) is 11.5. The number of amides is 1. The third-order valence-electron chi connectivity index (χ3n) is 3.51. The van der Waals surface area contributed by atoms with Crippen molar-refractivity contribution < 1.29 is 4.79 Å². The molecule has 1 saturated heterocycles. The van der Waals surface area contributed by atoms with Crippen LogP contribution in [-0.2, 0) is 11.3 Å². The summed E-state index contributed by atoms with van der Waals surface area (Å²) in [7, 11) is 0. The number of benzene rings is 2. The predicted molar refractivity (Wildman–Crippen MR) is 82.4 cm³/mol. The van der Waals surface area contributed by atoms with Gasteiger partial charge in [-0.15, -0.1) is 11.8 Å². The molecule has 0 saturated carbocycles. The lowest BCUT2D eigenvalue weighted by atomic mass is 10.1. The smallest absolute Gasteiger partial charge is 0.226 e. The molecular formula is C17H17NOS. The van der Waals surface area contributed by atoms with Crippen molar-refractivity contribution in [2.24, 2.45) is 0 Å². The van der Waals surface area contributed by atoms with Gasteiger partial charge in [-0.3, -0.25) is 4.79 Å². The van der Waals surface area contributed by atoms with Crippen LogP contribution in [0.5, 0.6) is 0 Å². The third kappa shape index (κ3) is 2.88. The fourth-order valence-corrected chi connectivity index (χ4v) is 3.43. The lowest BCUT2D eigenvalue weighted by Crippen LogP contribution is -2.49. The lowest BCUT2D eigenvalue weighted by molar-refractivity contribution is -0.142. The summed E-state index contributed by atoms with van der Waals surface area (Å²) in [6.07, 6.45) is 0.644. The Labute approximate surface area is 123 Å². The molecule has 0 unspecified atom stereocenters. The van der Waals surface area contributed by atoms with Gasteiger partial charge >= 0.3 is 0 Å². The first-order valence-corrected chi connectivity index (χ1v) is 7.67. The number of rotatable bonds is 4. The van der Waals surface area contributed by atoms with Gasteiger partial charge < -0.3 is 4.90 Å². The number of likely N-dealkylation sites (tertiary alicyclic amines) is 1. The molecule has 0 aliphatic carbocycles. The average molecular weight is 283 g/mol. The van der Waals surface area contributed by atoms with Crippen LogP contribution in [0.3, 0.4) is 0 Å². The fourth-order valence-electron chi connectivity index (χ4n) is 2.27. The lowest BCUT2D eigenvalue weighted by Gasteiger charge is -2.40. The number of thioether (sulfide) groups is 1. The summed E-state index contributed by atoms with van der Waals surface area (Å²) in [5.74, 6) is 0.249. The molecule has 1 fully saturated rings. The van der Waals surface area contributed by atoms with Gasteiger partial charge in [0.25, 0.3) is 0 Å². The Morgan fingerprint density at radius 3 is 2.45 bits per heavy atom. The molecule has 1 aliphatic heterocycles. The van der Waals surface area contributed by atoms with Crippen LogP contribution in [0.4, 0.5) is 0 Å². The van der Waals surface area contributed by atoms with Gasteiger partial charge in [0.05, 0.1) is 11.8 Å². The summed E-state index contributed by atoms with van der Waals surface area (Å²) < 4.78 is 0. The third-order valence-corrected chi connectivity index (χ3v) is 4.74. The SMILES string of the molecule is Cc1ccc(S[C@H]2CC(=O)N2Cc2ccccc2)cc1. The number of carbonyl (C=O) groups excluding carboxylic acids is 1. The van der Waals surface area contributed by atoms with Crippen LogP contribution in [-0.4, -0.2) is 16.2 Å². The Morgan fingerprint density at radius 1 is 1.10 bits per heavy atom. The molecule has 1 amide bonds. The molecule has 0 aromatic heterocycles. The van der Waals surface area contributed by atoms with Gasteiger partial charge in [-0.1, -0.05) is 48.0 Å². The summed E-state index contributed by atoms with van der Waals surface area (Å²) in [5.41, 5.74) is 2.45. The first kappa shape index (κ1) is 13.3. The van der Waals surface area contributed by atoms with E-state index in [1.54, 1.807) is 11.8 Å². The van der Waals surface area contributed by atoms with Crippen LogP contribution in [0.15, 0.2) is 59.5 Å². The minimum atomic E-state index is 0.249. The van der Waals surface area contributed by atoms with Crippen molar-refractivity contribution in [2.45, 2.75) is 30.2 Å². The molecule has 1 heterocycles. The molecule has 3 rings (SSSR count).